The first kappa shape index (κ1) is 24.4. The lowest BCUT2D eigenvalue weighted by Crippen LogP contribution is -2.52. The van der Waals surface area contributed by atoms with Gasteiger partial charge in [0.25, 0.3) is 5.91 Å². The highest BCUT2D eigenvalue weighted by Crippen LogP contribution is 2.19. The second kappa shape index (κ2) is 11.0. The Balaban J connectivity index is 1.56. The number of furan rings is 1. The van der Waals surface area contributed by atoms with Gasteiger partial charge in [0, 0.05) is 26.1 Å². The Bertz CT molecular complexity index is 913. The number of benzene rings is 1. The van der Waals surface area contributed by atoms with Gasteiger partial charge in [0.15, 0.2) is 5.76 Å². The molecule has 0 bridgehead atoms. The second-order valence-electron chi connectivity index (χ2n) is 9.34. The maximum atomic E-state index is 13.3. The van der Waals surface area contributed by atoms with E-state index in [4.69, 9.17) is 9.15 Å². The summed E-state index contributed by atoms with van der Waals surface area (Å²) in [5.41, 5.74) is 0.431. The molecule has 0 aliphatic carbocycles. The summed E-state index contributed by atoms with van der Waals surface area (Å²) in [6, 6.07) is 12.1. The first-order chi connectivity index (χ1) is 15.7. The summed E-state index contributed by atoms with van der Waals surface area (Å²) in [6.07, 6.45) is 2.94. The summed E-state index contributed by atoms with van der Waals surface area (Å²) in [5, 5.41) is 5.66. The standard InChI is InChI=1S/C25H33N3O5/c1-25(2,3)33-24(31)26-17-19-11-13-28(14-12-19)23(30)20(16-18-8-5-4-6-9-18)27-22(29)21-10-7-15-32-21/h4-10,15,19-20H,11-14,16-17H2,1-3H3,(H,26,31)(H,27,29). The molecule has 1 atom stereocenters. The lowest BCUT2D eigenvalue weighted by atomic mass is 9.95. The van der Waals surface area contributed by atoms with E-state index in [9.17, 15) is 14.4 Å². The molecular weight excluding hydrogens is 422 g/mol. The van der Waals surface area contributed by atoms with E-state index in [0.29, 0.717) is 26.1 Å². The van der Waals surface area contributed by atoms with E-state index in [1.807, 2.05) is 51.1 Å². The van der Waals surface area contributed by atoms with E-state index in [2.05, 4.69) is 10.6 Å². The third-order valence-electron chi connectivity index (χ3n) is 5.49. The zero-order valence-corrected chi connectivity index (χ0v) is 19.5. The Hall–Kier alpha value is -3.29. The van der Waals surface area contributed by atoms with Crippen LogP contribution < -0.4 is 10.6 Å². The van der Waals surface area contributed by atoms with E-state index in [-0.39, 0.29) is 17.6 Å². The van der Waals surface area contributed by atoms with Crippen LogP contribution in [0.3, 0.4) is 0 Å². The van der Waals surface area contributed by atoms with Crippen LogP contribution >= 0.6 is 0 Å². The smallest absolute Gasteiger partial charge is 0.407 e. The van der Waals surface area contributed by atoms with Crippen LogP contribution in [0.1, 0.15) is 49.7 Å². The molecule has 2 aromatic rings. The Kier molecular flexibility index (Phi) is 8.14. The average molecular weight is 456 g/mol. The summed E-state index contributed by atoms with van der Waals surface area (Å²) in [7, 11) is 0. The molecule has 1 aliphatic rings. The first-order valence-corrected chi connectivity index (χ1v) is 11.3. The van der Waals surface area contributed by atoms with Crippen LogP contribution in [-0.4, -0.2) is 54.1 Å². The number of carbonyl (C=O) groups excluding carboxylic acids is 3. The van der Waals surface area contributed by atoms with Gasteiger partial charge >= 0.3 is 6.09 Å². The van der Waals surface area contributed by atoms with E-state index >= 15 is 0 Å². The Morgan fingerprint density at radius 1 is 1.09 bits per heavy atom. The van der Waals surface area contributed by atoms with Crippen LogP contribution in [0.15, 0.2) is 53.1 Å². The maximum absolute atomic E-state index is 13.3. The fourth-order valence-corrected chi connectivity index (χ4v) is 3.81. The lowest BCUT2D eigenvalue weighted by Gasteiger charge is -2.34. The zero-order valence-electron chi connectivity index (χ0n) is 19.5. The first-order valence-electron chi connectivity index (χ1n) is 11.3. The fourth-order valence-electron chi connectivity index (χ4n) is 3.81. The highest BCUT2D eigenvalue weighted by Gasteiger charge is 2.30. The minimum absolute atomic E-state index is 0.114. The molecule has 1 aliphatic heterocycles. The van der Waals surface area contributed by atoms with Gasteiger partial charge < -0.3 is 24.7 Å². The zero-order chi connectivity index (χ0) is 23.8. The molecule has 3 rings (SSSR count). The van der Waals surface area contributed by atoms with Crippen molar-refractivity contribution in [2.75, 3.05) is 19.6 Å². The van der Waals surface area contributed by atoms with Gasteiger partial charge in [-0.3, -0.25) is 9.59 Å². The molecule has 2 heterocycles. The van der Waals surface area contributed by atoms with Crippen LogP contribution in [0.5, 0.6) is 0 Å². The largest absolute Gasteiger partial charge is 0.459 e. The van der Waals surface area contributed by atoms with Crippen LogP contribution in [-0.2, 0) is 16.0 Å². The number of amides is 3. The van der Waals surface area contributed by atoms with Gasteiger partial charge in [0.2, 0.25) is 5.91 Å². The van der Waals surface area contributed by atoms with Gasteiger partial charge in [-0.2, -0.15) is 0 Å². The quantitative estimate of drug-likeness (QED) is 0.667. The SMILES string of the molecule is CC(C)(C)OC(=O)NCC1CCN(C(=O)C(Cc2ccccc2)NC(=O)c2ccco2)CC1. The number of nitrogens with zero attached hydrogens (tertiary/aromatic N) is 1. The number of ether oxygens (including phenoxy) is 1. The van der Waals surface area contributed by atoms with Crippen molar-refractivity contribution < 1.29 is 23.5 Å². The minimum Gasteiger partial charge on any atom is -0.459 e. The van der Waals surface area contributed by atoms with E-state index in [1.165, 1.54) is 6.26 Å². The average Bonchev–Trinajstić information content (AvgIpc) is 3.32. The summed E-state index contributed by atoms with van der Waals surface area (Å²) in [6.45, 7) is 7.13. The molecule has 8 heteroatoms. The molecule has 1 aromatic heterocycles. The van der Waals surface area contributed by atoms with Crippen molar-refractivity contribution in [3.63, 3.8) is 0 Å². The minimum atomic E-state index is -0.693. The molecular formula is C25H33N3O5. The number of alkyl carbamates (subject to hydrolysis) is 1. The van der Waals surface area contributed by atoms with Crippen LogP contribution in [0.25, 0.3) is 0 Å². The van der Waals surface area contributed by atoms with E-state index in [1.54, 1.807) is 17.0 Å². The molecule has 1 aromatic carbocycles. The van der Waals surface area contributed by atoms with Gasteiger partial charge in [-0.25, -0.2) is 4.79 Å². The van der Waals surface area contributed by atoms with Gasteiger partial charge in [-0.15, -0.1) is 0 Å². The molecule has 0 saturated carbocycles. The summed E-state index contributed by atoms with van der Waals surface area (Å²) in [4.78, 5) is 39.6. The fraction of sp³-hybridized carbons (Fsp3) is 0.480. The Morgan fingerprint density at radius 3 is 2.39 bits per heavy atom. The van der Waals surface area contributed by atoms with Crippen molar-refractivity contribution >= 4 is 17.9 Å². The van der Waals surface area contributed by atoms with Crippen molar-refractivity contribution in [1.29, 1.82) is 0 Å². The molecule has 0 radical (unpaired) electrons. The highest BCUT2D eigenvalue weighted by molar-refractivity contribution is 5.95. The molecule has 1 saturated heterocycles. The van der Waals surface area contributed by atoms with Crippen molar-refractivity contribution in [2.45, 2.75) is 51.7 Å². The Morgan fingerprint density at radius 2 is 1.79 bits per heavy atom. The molecule has 1 unspecified atom stereocenters. The summed E-state index contributed by atoms with van der Waals surface area (Å²) >= 11 is 0. The molecule has 3 amide bonds. The topological polar surface area (TPSA) is 101 Å². The lowest BCUT2D eigenvalue weighted by molar-refractivity contribution is -0.134. The van der Waals surface area contributed by atoms with Crippen LogP contribution in [0.2, 0.25) is 0 Å². The third-order valence-corrected chi connectivity index (χ3v) is 5.49. The van der Waals surface area contributed by atoms with Crippen molar-refractivity contribution in [3.05, 3.63) is 60.1 Å². The number of hydrogen-bond donors (Lipinski definition) is 2. The maximum Gasteiger partial charge on any atom is 0.407 e. The number of carbonyl (C=O) groups is 3. The monoisotopic (exact) mass is 455 g/mol. The van der Waals surface area contributed by atoms with Crippen molar-refractivity contribution in [3.8, 4) is 0 Å². The molecule has 0 spiro atoms. The number of likely N-dealkylation sites (tertiary alicyclic amines) is 1. The molecule has 1 fully saturated rings. The van der Waals surface area contributed by atoms with Gasteiger partial charge in [0.1, 0.15) is 11.6 Å². The van der Waals surface area contributed by atoms with Crippen LogP contribution in [0.4, 0.5) is 4.79 Å². The summed E-state index contributed by atoms with van der Waals surface area (Å²) in [5.74, 6) is -0.0809. The van der Waals surface area contributed by atoms with E-state index in [0.717, 1.165) is 18.4 Å². The van der Waals surface area contributed by atoms with Crippen LogP contribution in [0, 0.1) is 5.92 Å². The van der Waals surface area contributed by atoms with Gasteiger partial charge in [0.05, 0.1) is 6.26 Å². The molecule has 178 valence electrons. The highest BCUT2D eigenvalue weighted by atomic mass is 16.6. The summed E-state index contributed by atoms with van der Waals surface area (Å²) < 4.78 is 10.5. The number of hydrogen-bond acceptors (Lipinski definition) is 5. The predicted molar refractivity (Wildman–Crippen MR) is 124 cm³/mol. The normalized spacial score (nSPS) is 15.5. The second-order valence-corrected chi connectivity index (χ2v) is 9.34. The molecule has 8 nitrogen and oxygen atoms in total. The van der Waals surface area contributed by atoms with Crippen molar-refractivity contribution in [2.24, 2.45) is 5.92 Å². The molecule has 33 heavy (non-hydrogen) atoms. The van der Waals surface area contributed by atoms with Gasteiger partial charge in [-0.05, 0) is 57.2 Å². The number of rotatable bonds is 7. The number of nitrogens with one attached hydrogen (secondary N) is 2. The van der Waals surface area contributed by atoms with Crippen molar-refractivity contribution in [1.82, 2.24) is 15.5 Å². The van der Waals surface area contributed by atoms with Gasteiger partial charge in [-0.1, -0.05) is 30.3 Å². The third kappa shape index (κ3) is 7.66. The Labute approximate surface area is 194 Å². The number of piperidine rings is 1. The predicted octanol–water partition coefficient (Wildman–Crippen LogP) is 3.38. The molecule has 2 N–H and O–H groups in total. The van der Waals surface area contributed by atoms with E-state index < -0.39 is 23.6 Å².